The van der Waals surface area contributed by atoms with E-state index in [0.29, 0.717) is 48.2 Å². The predicted molar refractivity (Wildman–Crippen MR) is 123 cm³/mol. The van der Waals surface area contributed by atoms with Crippen LogP contribution in [-0.4, -0.2) is 66.2 Å². The summed E-state index contributed by atoms with van der Waals surface area (Å²) in [5.74, 6) is 2.09. The number of ether oxygens (including phenoxy) is 1. The Balaban J connectivity index is 1.31. The van der Waals surface area contributed by atoms with Crippen LogP contribution in [-0.2, 0) is 11.3 Å². The molecule has 1 saturated carbocycles. The average molecular weight is 454 g/mol. The standard InChI is InChI=1S/C24H31N5O4/c1-17-20(21-22(26-16-27-24(21)33-17)28-10-13-31-14-11-28)23(30)25-8-9-29(18-5-2-3-6-18)15-19-7-4-12-32-19/h4,7,12,16,18H,2-3,5-6,8-11,13-15H2,1H3,(H,25,30). The van der Waals surface area contributed by atoms with Gasteiger partial charge in [0.1, 0.15) is 23.7 Å². The van der Waals surface area contributed by atoms with Crippen molar-refractivity contribution in [3.63, 3.8) is 0 Å². The van der Waals surface area contributed by atoms with Gasteiger partial charge in [-0.25, -0.2) is 9.97 Å². The summed E-state index contributed by atoms with van der Waals surface area (Å²) in [5, 5.41) is 3.79. The van der Waals surface area contributed by atoms with Crippen LogP contribution in [0.5, 0.6) is 0 Å². The lowest BCUT2D eigenvalue weighted by molar-refractivity contribution is 0.0941. The Kier molecular flexibility index (Phi) is 6.59. The van der Waals surface area contributed by atoms with Crippen LogP contribution in [0.1, 0.15) is 47.6 Å². The van der Waals surface area contributed by atoms with E-state index in [0.717, 1.165) is 37.8 Å². The quantitative estimate of drug-likeness (QED) is 0.556. The lowest BCUT2D eigenvalue weighted by Gasteiger charge is -2.28. The molecule has 0 aromatic carbocycles. The van der Waals surface area contributed by atoms with Gasteiger partial charge in [0.25, 0.3) is 5.91 Å². The summed E-state index contributed by atoms with van der Waals surface area (Å²) < 4.78 is 16.9. The molecule has 9 nitrogen and oxygen atoms in total. The molecule has 0 spiro atoms. The van der Waals surface area contributed by atoms with Crippen LogP contribution in [0.2, 0.25) is 0 Å². The van der Waals surface area contributed by atoms with Gasteiger partial charge in [-0.1, -0.05) is 12.8 Å². The molecule has 0 atom stereocenters. The van der Waals surface area contributed by atoms with Gasteiger partial charge < -0.3 is 23.8 Å². The van der Waals surface area contributed by atoms with Gasteiger partial charge in [-0.05, 0) is 31.9 Å². The molecule has 33 heavy (non-hydrogen) atoms. The third-order valence-corrected chi connectivity index (χ3v) is 6.65. The maximum absolute atomic E-state index is 13.3. The van der Waals surface area contributed by atoms with Gasteiger partial charge in [0.05, 0.1) is 37.0 Å². The Morgan fingerprint density at radius 2 is 2.06 bits per heavy atom. The minimum Gasteiger partial charge on any atom is -0.468 e. The molecular weight excluding hydrogens is 422 g/mol. The number of carbonyl (C=O) groups excluding carboxylic acids is 1. The normalized spacial score (nSPS) is 17.3. The molecule has 3 aromatic heterocycles. The third kappa shape index (κ3) is 4.74. The maximum Gasteiger partial charge on any atom is 0.255 e. The van der Waals surface area contributed by atoms with Crippen LogP contribution in [0.25, 0.3) is 11.1 Å². The number of aromatic nitrogens is 2. The molecule has 3 aromatic rings. The highest BCUT2D eigenvalue weighted by atomic mass is 16.5. The first kappa shape index (κ1) is 21.9. The number of aryl methyl sites for hydroxylation is 1. The Hall–Kier alpha value is -2.91. The van der Waals surface area contributed by atoms with E-state index in [9.17, 15) is 4.79 Å². The molecule has 0 bridgehead atoms. The minimum atomic E-state index is -0.153. The lowest BCUT2D eigenvalue weighted by atomic mass is 10.1. The van der Waals surface area contributed by atoms with Gasteiger partial charge in [-0.2, -0.15) is 0 Å². The molecule has 1 saturated heterocycles. The van der Waals surface area contributed by atoms with Crippen molar-refractivity contribution in [2.24, 2.45) is 0 Å². The topological polar surface area (TPSA) is 96.9 Å². The smallest absolute Gasteiger partial charge is 0.255 e. The Morgan fingerprint density at radius 1 is 1.24 bits per heavy atom. The minimum absolute atomic E-state index is 0.153. The summed E-state index contributed by atoms with van der Waals surface area (Å²) in [6.45, 7) is 6.59. The molecular formula is C24H31N5O4. The zero-order chi connectivity index (χ0) is 22.6. The molecule has 5 rings (SSSR count). The van der Waals surface area contributed by atoms with Crippen molar-refractivity contribution in [1.82, 2.24) is 20.2 Å². The van der Waals surface area contributed by atoms with E-state index in [1.54, 1.807) is 13.2 Å². The van der Waals surface area contributed by atoms with Gasteiger partial charge in [0, 0.05) is 32.2 Å². The first-order valence-electron chi connectivity index (χ1n) is 11.8. The Labute approximate surface area is 193 Å². The second-order valence-electron chi connectivity index (χ2n) is 8.75. The second kappa shape index (κ2) is 9.93. The van der Waals surface area contributed by atoms with E-state index in [4.69, 9.17) is 13.6 Å². The molecule has 1 aliphatic heterocycles. The van der Waals surface area contributed by atoms with Gasteiger partial charge >= 0.3 is 0 Å². The van der Waals surface area contributed by atoms with Crippen molar-refractivity contribution in [3.8, 4) is 0 Å². The van der Waals surface area contributed by atoms with Crippen molar-refractivity contribution in [1.29, 1.82) is 0 Å². The molecule has 4 heterocycles. The zero-order valence-electron chi connectivity index (χ0n) is 19.1. The fourth-order valence-corrected chi connectivity index (χ4v) is 4.98. The van der Waals surface area contributed by atoms with E-state index in [2.05, 4.69) is 25.1 Å². The van der Waals surface area contributed by atoms with Crippen LogP contribution in [0.15, 0.2) is 33.6 Å². The fourth-order valence-electron chi connectivity index (χ4n) is 4.98. The molecule has 1 N–H and O–H groups in total. The number of nitrogens with zero attached hydrogens (tertiary/aromatic N) is 4. The third-order valence-electron chi connectivity index (χ3n) is 6.65. The SMILES string of the molecule is Cc1oc2ncnc(N3CCOCC3)c2c1C(=O)NCCN(Cc1ccco1)C1CCCC1. The molecule has 176 valence electrons. The largest absolute Gasteiger partial charge is 0.468 e. The number of fused-ring (bicyclic) bond motifs is 1. The van der Waals surface area contributed by atoms with Crippen molar-refractivity contribution < 1.29 is 18.4 Å². The summed E-state index contributed by atoms with van der Waals surface area (Å²) in [6.07, 6.45) is 8.11. The summed E-state index contributed by atoms with van der Waals surface area (Å²) in [7, 11) is 0. The van der Waals surface area contributed by atoms with Gasteiger partial charge in [-0.3, -0.25) is 9.69 Å². The van der Waals surface area contributed by atoms with Gasteiger partial charge in [0.15, 0.2) is 0 Å². The number of nitrogens with one attached hydrogen (secondary N) is 1. The molecule has 2 aliphatic rings. The first-order chi connectivity index (χ1) is 16.2. The molecule has 0 unspecified atom stereocenters. The average Bonchev–Trinajstić information content (AvgIpc) is 3.59. The van der Waals surface area contributed by atoms with E-state index in [-0.39, 0.29) is 5.91 Å². The highest BCUT2D eigenvalue weighted by Gasteiger charge is 2.27. The molecule has 9 heteroatoms. The summed E-state index contributed by atoms with van der Waals surface area (Å²) >= 11 is 0. The second-order valence-corrected chi connectivity index (χ2v) is 8.75. The number of hydrogen-bond donors (Lipinski definition) is 1. The number of carbonyl (C=O) groups is 1. The van der Waals surface area contributed by atoms with Gasteiger partial charge in [0.2, 0.25) is 5.71 Å². The number of anilines is 1. The molecule has 0 radical (unpaired) electrons. The number of morpholine rings is 1. The van der Waals surface area contributed by atoms with Crippen LogP contribution >= 0.6 is 0 Å². The summed E-state index contributed by atoms with van der Waals surface area (Å²) in [5.41, 5.74) is 0.963. The number of amides is 1. The molecule has 2 fully saturated rings. The Morgan fingerprint density at radius 3 is 2.82 bits per heavy atom. The van der Waals surface area contributed by atoms with Crippen LogP contribution in [0, 0.1) is 6.92 Å². The predicted octanol–water partition coefficient (Wildman–Crippen LogP) is 3.14. The monoisotopic (exact) mass is 453 g/mol. The molecule has 1 aliphatic carbocycles. The highest BCUT2D eigenvalue weighted by Crippen LogP contribution is 2.31. The van der Waals surface area contributed by atoms with Crippen molar-refractivity contribution in [2.45, 2.75) is 45.2 Å². The number of rotatable bonds is 8. The Bertz CT molecular complexity index is 1070. The zero-order valence-corrected chi connectivity index (χ0v) is 19.1. The van der Waals surface area contributed by atoms with E-state index >= 15 is 0 Å². The lowest BCUT2D eigenvalue weighted by Crippen LogP contribution is -2.39. The summed E-state index contributed by atoms with van der Waals surface area (Å²) in [6, 6.07) is 4.46. The van der Waals surface area contributed by atoms with Gasteiger partial charge in [-0.15, -0.1) is 0 Å². The summed E-state index contributed by atoms with van der Waals surface area (Å²) in [4.78, 5) is 26.6. The fraction of sp³-hybridized carbons (Fsp3) is 0.542. The van der Waals surface area contributed by atoms with E-state index in [1.807, 2.05) is 12.1 Å². The van der Waals surface area contributed by atoms with Crippen LogP contribution in [0.4, 0.5) is 5.82 Å². The van der Waals surface area contributed by atoms with E-state index in [1.165, 1.54) is 32.0 Å². The van der Waals surface area contributed by atoms with Crippen LogP contribution in [0.3, 0.4) is 0 Å². The van der Waals surface area contributed by atoms with E-state index < -0.39 is 0 Å². The van der Waals surface area contributed by atoms with Crippen molar-refractivity contribution >= 4 is 22.8 Å². The molecule has 1 amide bonds. The first-order valence-corrected chi connectivity index (χ1v) is 11.8. The number of furan rings is 2. The highest BCUT2D eigenvalue weighted by molar-refractivity contribution is 6.10. The van der Waals surface area contributed by atoms with Crippen molar-refractivity contribution in [3.05, 3.63) is 41.8 Å². The van der Waals surface area contributed by atoms with Crippen LogP contribution < -0.4 is 10.2 Å². The van der Waals surface area contributed by atoms with Crippen molar-refractivity contribution in [2.75, 3.05) is 44.3 Å². The number of hydrogen-bond acceptors (Lipinski definition) is 8. The maximum atomic E-state index is 13.3.